The first-order chi connectivity index (χ1) is 28.1. The predicted octanol–water partition coefficient (Wildman–Crippen LogP) is 2.98. The fraction of sp³-hybridized carbons (Fsp3) is 0.364. The lowest BCUT2D eigenvalue weighted by atomic mass is 9.95. The number of nitrogens with two attached hydrogens (primary N) is 2. The number of piperidine rings is 1. The molecule has 1 saturated heterocycles. The summed E-state index contributed by atoms with van der Waals surface area (Å²) < 4.78 is 0. The van der Waals surface area contributed by atoms with Crippen LogP contribution < -0.4 is 27.4 Å². The molecule has 0 unspecified atom stereocenters. The van der Waals surface area contributed by atoms with Gasteiger partial charge >= 0.3 is 5.97 Å². The van der Waals surface area contributed by atoms with Crippen LogP contribution in [0.4, 0.5) is 0 Å². The molecule has 1 aliphatic heterocycles. The average molecular weight is 789 g/mol. The van der Waals surface area contributed by atoms with E-state index in [2.05, 4.69) is 25.9 Å². The van der Waals surface area contributed by atoms with Crippen molar-refractivity contribution < 1.29 is 29.1 Å². The first kappa shape index (κ1) is 41.5. The van der Waals surface area contributed by atoms with Crippen molar-refractivity contribution in [1.82, 2.24) is 30.8 Å². The summed E-state index contributed by atoms with van der Waals surface area (Å²) in [6.07, 6.45) is 7.65. The minimum absolute atomic E-state index is 0.0665. The van der Waals surface area contributed by atoms with E-state index in [-0.39, 0.29) is 38.3 Å². The van der Waals surface area contributed by atoms with E-state index >= 15 is 0 Å². The molecule has 1 aliphatic rings. The van der Waals surface area contributed by atoms with Crippen molar-refractivity contribution in [3.8, 4) is 0 Å². The van der Waals surface area contributed by atoms with Crippen LogP contribution in [0.15, 0.2) is 97.5 Å². The Balaban J connectivity index is 1.29. The Hall–Kier alpha value is -6.12. The minimum Gasteiger partial charge on any atom is -0.481 e. The molecule has 3 aromatic carbocycles. The fourth-order valence-corrected chi connectivity index (χ4v) is 7.53. The molecule has 0 aliphatic carbocycles. The van der Waals surface area contributed by atoms with Crippen LogP contribution in [0.1, 0.15) is 48.8 Å². The standard InChI is InChI=1S/C44H52N8O6/c45-18-6-5-10-35(46)40(53)49-37(24-28-14-19-47-20-15-28)41(54)50-38(26-33-27-48-36-11-4-3-9-34(33)36)42(55)51-39(43(56)52-21-16-31(17-22-52)44(57)58)25-29-12-13-30-7-1-2-8-32(30)23-29/h1-4,7-9,11-15,19-20,23,27,31,35,37-39,48H,5-6,10,16-18,21-22,24-26,45-46H2,(H,49,53)(H,50,54)(H,51,55)(H,57,58)/t35-,37-,38+,39+/m0/s1. The molecular weight excluding hydrogens is 737 g/mol. The van der Waals surface area contributed by atoms with Crippen molar-refractivity contribution in [3.05, 3.63) is 114 Å². The number of nitrogens with one attached hydrogen (secondary N) is 4. The number of amides is 4. The Morgan fingerprint density at radius 3 is 2.12 bits per heavy atom. The molecule has 0 bridgehead atoms. The van der Waals surface area contributed by atoms with Crippen LogP contribution in [0.5, 0.6) is 0 Å². The summed E-state index contributed by atoms with van der Waals surface area (Å²) in [6, 6.07) is 20.6. The van der Waals surface area contributed by atoms with Crippen LogP contribution in [0.3, 0.4) is 0 Å². The van der Waals surface area contributed by atoms with Gasteiger partial charge in [0.15, 0.2) is 0 Å². The number of rotatable bonds is 18. The van der Waals surface area contributed by atoms with Gasteiger partial charge in [-0.15, -0.1) is 0 Å². The molecule has 2 aromatic heterocycles. The van der Waals surface area contributed by atoms with Gasteiger partial charge in [-0.1, -0.05) is 67.1 Å². The quantitative estimate of drug-likeness (QED) is 0.0648. The number of benzene rings is 3. The van der Waals surface area contributed by atoms with Crippen molar-refractivity contribution in [2.45, 2.75) is 75.5 Å². The summed E-state index contributed by atoms with van der Waals surface area (Å²) in [4.78, 5) is 77.2. The molecule has 6 rings (SSSR count). The van der Waals surface area contributed by atoms with Crippen LogP contribution in [-0.2, 0) is 43.2 Å². The van der Waals surface area contributed by atoms with E-state index < -0.39 is 53.8 Å². The third-order valence-corrected chi connectivity index (χ3v) is 10.9. The van der Waals surface area contributed by atoms with Gasteiger partial charge in [0.05, 0.1) is 12.0 Å². The molecule has 9 N–H and O–H groups in total. The number of para-hydroxylation sites is 1. The van der Waals surface area contributed by atoms with Crippen molar-refractivity contribution in [1.29, 1.82) is 0 Å². The second kappa shape index (κ2) is 19.8. The first-order valence-corrected chi connectivity index (χ1v) is 19.9. The van der Waals surface area contributed by atoms with Gasteiger partial charge in [-0.25, -0.2) is 0 Å². The number of carbonyl (C=O) groups excluding carboxylic acids is 4. The van der Waals surface area contributed by atoms with Gasteiger partial charge in [0.25, 0.3) is 0 Å². The lowest BCUT2D eigenvalue weighted by Gasteiger charge is -2.33. The van der Waals surface area contributed by atoms with E-state index in [4.69, 9.17) is 11.5 Å². The number of carboxylic acid groups (broad SMARTS) is 1. The fourth-order valence-electron chi connectivity index (χ4n) is 7.53. The van der Waals surface area contributed by atoms with Gasteiger partial charge in [-0.2, -0.15) is 0 Å². The van der Waals surface area contributed by atoms with E-state index in [0.29, 0.717) is 38.6 Å². The van der Waals surface area contributed by atoms with Gasteiger partial charge < -0.3 is 42.4 Å². The number of hydrogen-bond acceptors (Lipinski definition) is 8. The second-order valence-corrected chi connectivity index (χ2v) is 15.0. The number of unbranched alkanes of at least 4 members (excludes halogenated alkanes) is 1. The lowest BCUT2D eigenvalue weighted by Crippen LogP contribution is -2.59. The SMILES string of the molecule is NCCCC[C@H](N)C(=O)N[C@@H](Cc1ccncc1)C(=O)N[C@H](Cc1c[nH]c2ccccc12)C(=O)N[C@H](Cc1ccc2ccccc2c1)C(=O)N1CCC(C(=O)O)CC1. The number of aliphatic carboxylic acids is 1. The van der Waals surface area contributed by atoms with Gasteiger partial charge in [-0.05, 0) is 77.9 Å². The third kappa shape index (κ3) is 10.8. The number of aromatic amines is 1. The van der Waals surface area contributed by atoms with Crippen LogP contribution in [0.25, 0.3) is 21.7 Å². The molecule has 5 aromatic rings. The second-order valence-electron chi connectivity index (χ2n) is 15.0. The van der Waals surface area contributed by atoms with Crippen molar-refractivity contribution in [2.75, 3.05) is 19.6 Å². The molecule has 0 spiro atoms. The number of likely N-dealkylation sites (tertiary alicyclic amines) is 1. The van der Waals surface area contributed by atoms with Crippen LogP contribution in [-0.4, -0.2) is 93.4 Å². The highest BCUT2D eigenvalue weighted by Gasteiger charge is 2.35. The zero-order chi connectivity index (χ0) is 41.0. The summed E-state index contributed by atoms with van der Waals surface area (Å²) in [5, 5.41) is 21.2. The Morgan fingerprint density at radius 2 is 1.40 bits per heavy atom. The van der Waals surface area contributed by atoms with Gasteiger partial charge in [-0.3, -0.25) is 29.0 Å². The molecular formula is C44H52N8O6. The summed E-state index contributed by atoms with van der Waals surface area (Å²) >= 11 is 0. The maximum absolute atomic E-state index is 14.6. The van der Waals surface area contributed by atoms with Crippen molar-refractivity contribution >= 4 is 51.3 Å². The van der Waals surface area contributed by atoms with Gasteiger partial charge in [0.2, 0.25) is 23.6 Å². The highest BCUT2D eigenvalue weighted by molar-refractivity contribution is 5.96. The molecule has 58 heavy (non-hydrogen) atoms. The lowest BCUT2D eigenvalue weighted by molar-refractivity contribution is -0.146. The van der Waals surface area contributed by atoms with Crippen LogP contribution in [0.2, 0.25) is 0 Å². The molecule has 304 valence electrons. The molecule has 1 fully saturated rings. The normalized spacial score (nSPS) is 15.3. The van der Waals surface area contributed by atoms with E-state index in [1.54, 1.807) is 35.6 Å². The number of carbonyl (C=O) groups is 5. The zero-order valence-electron chi connectivity index (χ0n) is 32.4. The van der Waals surface area contributed by atoms with E-state index in [9.17, 15) is 29.1 Å². The topological polar surface area (TPSA) is 226 Å². The minimum atomic E-state index is -1.17. The van der Waals surface area contributed by atoms with E-state index in [0.717, 1.165) is 38.4 Å². The van der Waals surface area contributed by atoms with Crippen LogP contribution >= 0.6 is 0 Å². The third-order valence-electron chi connectivity index (χ3n) is 10.9. The highest BCUT2D eigenvalue weighted by atomic mass is 16.4. The average Bonchev–Trinajstić information content (AvgIpc) is 3.65. The van der Waals surface area contributed by atoms with Crippen molar-refractivity contribution in [2.24, 2.45) is 17.4 Å². The molecule has 4 atom stereocenters. The molecule has 14 nitrogen and oxygen atoms in total. The molecule has 0 radical (unpaired) electrons. The summed E-state index contributed by atoms with van der Waals surface area (Å²) in [7, 11) is 0. The van der Waals surface area contributed by atoms with E-state index in [1.165, 1.54) is 0 Å². The Bertz CT molecular complexity index is 2200. The maximum Gasteiger partial charge on any atom is 0.306 e. The Morgan fingerprint density at radius 1 is 0.759 bits per heavy atom. The number of H-pyrrole nitrogens is 1. The maximum atomic E-state index is 14.6. The number of carboxylic acids is 1. The number of fused-ring (bicyclic) bond motifs is 2. The molecule has 3 heterocycles. The Labute approximate surface area is 337 Å². The van der Waals surface area contributed by atoms with E-state index in [1.807, 2.05) is 66.7 Å². The number of hydrogen-bond donors (Lipinski definition) is 7. The van der Waals surface area contributed by atoms with Gasteiger partial charge in [0, 0.05) is 61.8 Å². The number of aromatic nitrogens is 2. The smallest absolute Gasteiger partial charge is 0.306 e. The van der Waals surface area contributed by atoms with Crippen LogP contribution in [0, 0.1) is 5.92 Å². The summed E-state index contributed by atoms with van der Waals surface area (Å²) in [5.41, 5.74) is 15.0. The molecule has 14 heteroatoms. The Kier molecular flexibility index (Phi) is 14.2. The highest BCUT2D eigenvalue weighted by Crippen LogP contribution is 2.22. The first-order valence-electron chi connectivity index (χ1n) is 19.9. The molecule has 0 saturated carbocycles. The monoisotopic (exact) mass is 788 g/mol. The van der Waals surface area contributed by atoms with Gasteiger partial charge in [0.1, 0.15) is 18.1 Å². The number of pyridine rings is 1. The predicted molar refractivity (Wildman–Crippen MR) is 221 cm³/mol. The number of nitrogens with zero attached hydrogens (tertiary/aromatic N) is 2. The summed E-state index contributed by atoms with van der Waals surface area (Å²) in [6.45, 7) is 0.944. The summed E-state index contributed by atoms with van der Waals surface area (Å²) in [5.74, 6) is -3.48. The largest absolute Gasteiger partial charge is 0.481 e. The zero-order valence-corrected chi connectivity index (χ0v) is 32.4. The van der Waals surface area contributed by atoms with Crippen molar-refractivity contribution in [3.63, 3.8) is 0 Å². The molecule has 4 amide bonds.